The zero-order valence-electron chi connectivity index (χ0n) is 8.18. The first-order chi connectivity index (χ1) is 7.58. The second-order valence-electron chi connectivity index (χ2n) is 3.37. The summed E-state index contributed by atoms with van der Waals surface area (Å²) in [4.78, 5) is 0. The van der Waals surface area contributed by atoms with Gasteiger partial charge in [-0.3, -0.25) is 0 Å². The fourth-order valence-electron chi connectivity index (χ4n) is 1.43. The first-order valence-electron chi connectivity index (χ1n) is 4.58. The van der Waals surface area contributed by atoms with Gasteiger partial charge in [0.1, 0.15) is 11.6 Å². The number of hydrogen-bond acceptors (Lipinski definition) is 1. The predicted molar refractivity (Wildman–Crippen MR) is 61.2 cm³/mol. The Balaban J connectivity index is 2.58. The smallest absolute Gasteiger partial charge is 0.141 e. The second-order valence-corrected chi connectivity index (χ2v) is 3.78. The standard InChI is InChI=1S/C12H8ClF2N/c13-10-5-7(1-3-12(10)15)9-6-8(16)2-4-11(9)14/h1-6H,16H2. The van der Waals surface area contributed by atoms with Crippen molar-refractivity contribution in [3.8, 4) is 11.1 Å². The average molecular weight is 240 g/mol. The van der Waals surface area contributed by atoms with Crippen molar-refractivity contribution in [2.45, 2.75) is 0 Å². The maximum atomic E-state index is 13.5. The third kappa shape index (κ3) is 1.99. The summed E-state index contributed by atoms with van der Waals surface area (Å²) in [5.74, 6) is -0.952. The molecule has 0 heterocycles. The summed E-state index contributed by atoms with van der Waals surface area (Å²) in [7, 11) is 0. The van der Waals surface area contributed by atoms with Crippen LogP contribution in [0.2, 0.25) is 5.02 Å². The molecule has 0 bridgehead atoms. The summed E-state index contributed by atoms with van der Waals surface area (Å²) in [5, 5.41) is -0.0423. The highest BCUT2D eigenvalue weighted by Crippen LogP contribution is 2.28. The van der Waals surface area contributed by atoms with Crippen LogP contribution < -0.4 is 5.73 Å². The van der Waals surface area contributed by atoms with Crippen LogP contribution >= 0.6 is 11.6 Å². The van der Waals surface area contributed by atoms with E-state index in [9.17, 15) is 8.78 Å². The molecule has 0 unspecified atom stereocenters. The second kappa shape index (κ2) is 4.10. The zero-order valence-corrected chi connectivity index (χ0v) is 8.93. The van der Waals surface area contributed by atoms with E-state index in [1.807, 2.05) is 0 Å². The molecule has 0 saturated heterocycles. The van der Waals surface area contributed by atoms with Gasteiger partial charge in [0.2, 0.25) is 0 Å². The Morgan fingerprint density at radius 3 is 2.31 bits per heavy atom. The summed E-state index contributed by atoms with van der Waals surface area (Å²) in [6.07, 6.45) is 0. The average Bonchev–Trinajstić information content (AvgIpc) is 2.26. The van der Waals surface area contributed by atoms with Crippen LogP contribution in [-0.2, 0) is 0 Å². The van der Waals surface area contributed by atoms with Crippen LogP contribution in [0.3, 0.4) is 0 Å². The molecule has 2 N–H and O–H groups in total. The van der Waals surface area contributed by atoms with Gasteiger partial charge in [-0.2, -0.15) is 0 Å². The molecule has 0 radical (unpaired) electrons. The molecule has 0 saturated carbocycles. The van der Waals surface area contributed by atoms with Crippen LogP contribution in [0.4, 0.5) is 14.5 Å². The number of nitrogen functional groups attached to an aromatic ring is 1. The lowest BCUT2D eigenvalue weighted by Crippen LogP contribution is -1.90. The third-order valence-corrected chi connectivity index (χ3v) is 2.51. The van der Waals surface area contributed by atoms with E-state index in [4.69, 9.17) is 17.3 Å². The SMILES string of the molecule is Nc1ccc(F)c(-c2ccc(F)c(Cl)c2)c1. The molecular formula is C12H8ClF2N. The summed E-state index contributed by atoms with van der Waals surface area (Å²) in [6.45, 7) is 0. The molecule has 0 aromatic heterocycles. The van der Waals surface area contributed by atoms with Crippen molar-refractivity contribution < 1.29 is 8.78 Å². The first kappa shape index (κ1) is 10.9. The molecule has 0 amide bonds. The molecule has 2 rings (SSSR count). The van der Waals surface area contributed by atoms with Crippen molar-refractivity contribution in [2.24, 2.45) is 0 Å². The molecule has 4 heteroatoms. The third-order valence-electron chi connectivity index (χ3n) is 2.22. The van der Waals surface area contributed by atoms with Crippen LogP contribution in [0.15, 0.2) is 36.4 Å². The number of nitrogens with two attached hydrogens (primary N) is 1. The molecule has 0 spiro atoms. The van der Waals surface area contributed by atoms with E-state index >= 15 is 0 Å². The molecule has 0 aliphatic rings. The van der Waals surface area contributed by atoms with E-state index in [0.29, 0.717) is 16.8 Å². The maximum Gasteiger partial charge on any atom is 0.141 e. The Bertz CT molecular complexity index is 541. The van der Waals surface area contributed by atoms with Crippen molar-refractivity contribution in [1.29, 1.82) is 0 Å². The van der Waals surface area contributed by atoms with Crippen LogP contribution in [0.1, 0.15) is 0 Å². The molecule has 0 aliphatic heterocycles. The van der Waals surface area contributed by atoms with Crippen LogP contribution in [0, 0.1) is 11.6 Å². The molecule has 2 aromatic rings. The summed E-state index contributed by atoms with van der Waals surface area (Å²) in [5.41, 5.74) is 6.80. The summed E-state index contributed by atoms with van der Waals surface area (Å²) >= 11 is 5.63. The Morgan fingerprint density at radius 1 is 0.938 bits per heavy atom. The van der Waals surface area contributed by atoms with Crippen molar-refractivity contribution >= 4 is 17.3 Å². The van der Waals surface area contributed by atoms with Gasteiger partial charge in [0, 0.05) is 11.3 Å². The minimum atomic E-state index is -0.533. The zero-order chi connectivity index (χ0) is 11.7. The van der Waals surface area contributed by atoms with Gasteiger partial charge in [0.25, 0.3) is 0 Å². The summed E-state index contributed by atoms with van der Waals surface area (Å²) in [6, 6.07) is 8.24. The highest BCUT2D eigenvalue weighted by molar-refractivity contribution is 6.31. The number of hydrogen-bond donors (Lipinski definition) is 1. The fraction of sp³-hybridized carbons (Fsp3) is 0. The Morgan fingerprint density at radius 2 is 1.62 bits per heavy atom. The topological polar surface area (TPSA) is 26.0 Å². The normalized spacial score (nSPS) is 10.4. The van der Waals surface area contributed by atoms with Gasteiger partial charge < -0.3 is 5.73 Å². The van der Waals surface area contributed by atoms with E-state index in [1.54, 1.807) is 0 Å². The number of halogens is 3. The molecule has 82 valence electrons. The first-order valence-corrected chi connectivity index (χ1v) is 4.96. The van der Waals surface area contributed by atoms with Gasteiger partial charge in [0.05, 0.1) is 5.02 Å². The molecular weight excluding hydrogens is 232 g/mol. The quantitative estimate of drug-likeness (QED) is 0.751. The van der Waals surface area contributed by atoms with Gasteiger partial charge >= 0.3 is 0 Å². The van der Waals surface area contributed by atoms with E-state index in [0.717, 1.165) is 0 Å². The highest BCUT2D eigenvalue weighted by atomic mass is 35.5. The van der Waals surface area contributed by atoms with Gasteiger partial charge in [-0.25, -0.2) is 8.78 Å². The number of anilines is 1. The van der Waals surface area contributed by atoms with E-state index in [-0.39, 0.29) is 5.02 Å². The van der Waals surface area contributed by atoms with Crippen LogP contribution in [0.25, 0.3) is 11.1 Å². The van der Waals surface area contributed by atoms with E-state index in [1.165, 1.54) is 36.4 Å². The Labute approximate surface area is 96.5 Å². The predicted octanol–water partition coefficient (Wildman–Crippen LogP) is 3.87. The molecule has 2 aromatic carbocycles. The van der Waals surface area contributed by atoms with Gasteiger partial charge in [-0.15, -0.1) is 0 Å². The highest BCUT2D eigenvalue weighted by Gasteiger charge is 2.08. The van der Waals surface area contributed by atoms with Crippen molar-refractivity contribution in [1.82, 2.24) is 0 Å². The maximum absolute atomic E-state index is 13.5. The van der Waals surface area contributed by atoms with Crippen molar-refractivity contribution in [2.75, 3.05) is 5.73 Å². The van der Waals surface area contributed by atoms with Gasteiger partial charge in [-0.1, -0.05) is 17.7 Å². The minimum Gasteiger partial charge on any atom is -0.399 e. The molecule has 1 nitrogen and oxygen atoms in total. The molecule has 0 fully saturated rings. The molecule has 16 heavy (non-hydrogen) atoms. The fourth-order valence-corrected chi connectivity index (χ4v) is 1.61. The van der Waals surface area contributed by atoms with Gasteiger partial charge in [0.15, 0.2) is 0 Å². The number of rotatable bonds is 1. The van der Waals surface area contributed by atoms with Crippen molar-refractivity contribution in [3.63, 3.8) is 0 Å². The van der Waals surface area contributed by atoms with Crippen LogP contribution in [0.5, 0.6) is 0 Å². The van der Waals surface area contributed by atoms with E-state index < -0.39 is 11.6 Å². The lowest BCUT2D eigenvalue weighted by Gasteiger charge is -2.05. The largest absolute Gasteiger partial charge is 0.399 e. The lowest BCUT2D eigenvalue weighted by molar-refractivity contribution is 0.626. The lowest BCUT2D eigenvalue weighted by atomic mass is 10.0. The monoisotopic (exact) mass is 239 g/mol. The molecule has 0 aliphatic carbocycles. The van der Waals surface area contributed by atoms with E-state index in [2.05, 4.69) is 0 Å². The van der Waals surface area contributed by atoms with Crippen molar-refractivity contribution in [3.05, 3.63) is 53.1 Å². The van der Waals surface area contributed by atoms with Gasteiger partial charge in [-0.05, 0) is 35.9 Å². The Kier molecular flexibility index (Phi) is 2.79. The summed E-state index contributed by atoms with van der Waals surface area (Å²) < 4.78 is 26.4. The number of benzene rings is 2. The van der Waals surface area contributed by atoms with Crippen LogP contribution in [-0.4, -0.2) is 0 Å². The molecule has 0 atom stereocenters. The Hall–Kier alpha value is -1.61. The minimum absolute atomic E-state index is 0.0423.